The predicted octanol–water partition coefficient (Wildman–Crippen LogP) is 5.34. The number of benzene rings is 2. The summed E-state index contributed by atoms with van der Waals surface area (Å²) in [4.78, 5) is 17.6. The Morgan fingerprint density at radius 3 is 2.69 bits per heavy atom. The first kappa shape index (κ1) is 20.2. The second-order valence-corrected chi connectivity index (χ2v) is 8.64. The highest BCUT2D eigenvalue weighted by atomic mass is 32.1. The van der Waals surface area contributed by atoms with Crippen molar-refractivity contribution in [2.45, 2.75) is 6.92 Å². The number of nitro benzene ring substituents is 1. The van der Waals surface area contributed by atoms with Crippen LogP contribution < -0.4 is 14.3 Å². The molecule has 8 nitrogen and oxygen atoms in total. The fraction of sp³-hybridized carbons (Fsp3) is 0.0909. The van der Waals surface area contributed by atoms with E-state index in [1.54, 1.807) is 22.1 Å². The number of nitrogens with zero attached hydrogens (tertiary/aromatic N) is 4. The summed E-state index contributed by atoms with van der Waals surface area (Å²) in [6.07, 6.45) is 1.46. The van der Waals surface area contributed by atoms with Crippen LogP contribution in [0, 0.1) is 17.0 Å². The number of rotatable bonds is 5. The standard InChI is InChI=1S/C22H16N4O4S2/c1-14-5-2-3-6-16(14)24-22-25(18(12-32-22)21-7-4-8-31-21)23-11-15-9-19-20(30-13-29-19)10-17(15)26(27)28/h2-12H,13H2,1H3. The van der Waals surface area contributed by atoms with Crippen molar-refractivity contribution < 1.29 is 14.4 Å². The van der Waals surface area contributed by atoms with Gasteiger partial charge < -0.3 is 9.47 Å². The number of aryl methyl sites for hydroxylation is 1. The molecular formula is C22H16N4O4S2. The lowest BCUT2D eigenvalue weighted by atomic mass is 10.1. The summed E-state index contributed by atoms with van der Waals surface area (Å²) in [6.45, 7) is 2.03. The number of hydrogen-bond acceptors (Lipinski definition) is 8. The van der Waals surface area contributed by atoms with Crippen LogP contribution >= 0.6 is 22.7 Å². The Balaban J connectivity index is 1.65. The average molecular weight is 465 g/mol. The highest BCUT2D eigenvalue weighted by molar-refractivity contribution is 7.14. The lowest BCUT2D eigenvalue weighted by Gasteiger charge is -2.03. The van der Waals surface area contributed by atoms with Crippen LogP contribution in [0.4, 0.5) is 11.4 Å². The van der Waals surface area contributed by atoms with Gasteiger partial charge in [-0.25, -0.2) is 9.67 Å². The molecule has 0 N–H and O–H groups in total. The van der Waals surface area contributed by atoms with Crippen molar-refractivity contribution in [3.05, 3.63) is 85.3 Å². The molecule has 5 rings (SSSR count). The van der Waals surface area contributed by atoms with Crippen LogP contribution in [0.15, 0.2) is 69.4 Å². The first-order valence-corrected chi connectivity index (χ1v) is 11.3. The SMILES string of the molecule is Cc1ccccc1N=c1scc(-c2cccs2)n1N=Cc1cc2c(cc1[N+](=O)[O-])OCO2. The zero-order valence-corrected chi connectivity index (χ0v) is 18.4. The molecule has 0 aliphatic carbocycles. The summed E-state index contributed by atoms with van der Waals surface area (Å²) in [7, 11) is 0. The first-order valence-electron chi connectivity index (χ1n) is 9.57. The smallest absolute Gasteiger partial charge is 0.282 e. The van der Waals surface area contributed by atoms with Gasteiger partial charge in [-0.15, -0.1) is 22.7 Å². The number of nitro groups is 1. The average Bonchev–Trinajstić information content (AvgIpc) is 3.53. The maximum Gasteiger partial charge on any atom is 0.282 e. The molecule has 0 radical (unpaired) electrons. The molecule has 10 heteroatoms. The highest BCUT2D eigenvalue weighted by Crippen LogP contribution is 2.37. The van der Waals surface area contributed by atoms with E-state index in [-0.39, 0.29) is 12.5 Å². The number of ether oxygens (including phenoxy) is 2. The predicted molar refractivity (Wildman–Crippen MR) is 124 cm³/mol. The van der Waals surface area contributed by atoms with Crippen LogP contribution in [0.2, 0.25) is 0 Å². The summed E-state index contributed by atoms with van der Waals surface area (Å²) in [5, 5.41) is 20.2. The third-order valence-electron chi connectivity index (χ3n) is 4.82. The quantitative estimate of drug-likeness (QED) is 0.226. The molecule has 0 fully saturated rings. The summed E-state index contributed by atoms with van der Waals surface area (Å²) >= 11 is 3.04. The summed E-state index contributed by atoms with van der Waals surface area (Å²) in [6, 6.07) is 14.7. The monoisotopic (exact) mass is 464 g/mol. The van der Waals surface area contributed by atoms with Crippen LogP contribution in [0.5, 0.6) is 11.5 Å². The van der Waals surface area contributed by atoms with Crippen LogP contribution in [0.25, 0.3) is 10.6 Å². The minimum absolute atomic E-state index is 0.0361. The lowest BCUT2D eigenvalue weighted by Crippen LogP contribution is -2.11. The summed E-state index contributed by atoms with van der Waals surface area (Å²) in [5.41, 5.74) is 2.95. The van der Waals surface area contributed by atoms with Gasteiger partial charge in [0, 0.05) is 5.38 Å². The molecule has 3 heterocycles. The largest absolute Gasteiger partial charge is 0.454 e. The summed E-state index contributed by atoms with van der Waals surface area (Å²) < 4.78 is 12.4. The molecule has 0 saturated carbocycles. The number of aromatic nitrogens is 1. The highest BCUT2D eigenvalue weighted by Gasteiger charge is 2.22. The van der Waals surface area contributed by atoms with Crippen molar-refractivity contribution in [2.75, 3.05) is 6.79 Å². The van der Waals surface area contributed by atoms with Crippen molar-refractivity contribution in [2.24, 2.45) is 10.1 Å². The maximum absolute atomic E-state index is 11.6. The zero-order valence-electron chi connectivity index (χ0n) is 16.8. The molecule has 0 atom stereocenters. The topological polar surface area (TPSA) is 91.2 Å². The number of thiophene rings is 1. The second kappa shape index (κ2) is 8.40. The molecule has 32 heavy (non-hydrogen) atoms. The van der Waals surface area contributed by atoms with E-state index in [1.165, 1.54) is 23.6 Å². The Hall–Kier alpha value is -3.76. The van der Waals surface area contributed by atoms with Crippen molar-refractivity contribution >= 4 is 40.3 Å². The van der Waals surface area contributed by atoms with Gasteiger partial charge in [0.2, 0.25) is 11.6 Å². The molecule has 160 valence electrons. The lowest BCUT2D eigenvalue weighted by molar-refractivity contribution is -0.385. The van der Waals surface area contributed by atoms with Crippen LogP contribution in [-0.2, 0) is 0 Å². The van der Waals surface area contributed by atoms with Crippen molar-refractivity contribution in [1.82, 2.24) is 4.68 Å². The van der Waals surface area contributed by atoms with Crippen molar-refractivity contribution in [3.8, 4) is 22.1 Å². The molecule has 0 unspecified atom stereocenters. The minimum atomic E-state index is -0.458. The fourth-order valence-electron chi connectivity index (χ4n) is 3.20. The molecule has 0 bridgehead atoms. The fourth-order valence-corrected chi connectivity index (χ4v) is 4.85. The molecule has 1 aliphatic heterocycles. The first-order chi connectivity index (χ1) is 15.6. The van der Waals surface area contributed by atoms with Crippen LogP contribution in [0.3, 0.4) is 0 Å². The summed E-state index contributed by atoms with van der Waals surface area (Å²) in [5.74, 6) is 0.808. The Kier molecular flexibility index (Phi) is 5.29. The molecule has 4 aromatic rings. The maximum atomic E-state index is 11.6. The van der Waals surface area contributed by atoms with Crippen molar-refractivity contribution in [1.29, 1.82) is 0 Å². The van der Waals surface area contributed by atoms with Gasteiger partial charge in [0.15, 0.2) is 11.5 Å². The van der Waals surface area contributed by atoms with Gasteiger partial charge >= 0.3 is 0 Å². The number of para-hydroxylation sites is 1. The Labute approximate surface area is 190 Å². The minimum Gasteiger partial charge on any atom is -0.454 e. The zero-order chi connectivity index (χ0) is 22.1. The molecule has 2 aromatic heterocycles. The van der Waals surface area contributed by atoms with E-state index in [2.05, 4.69) is 5.10 Å². The van der Waals surface area contributed by atoms with Gasteiger partial charge in [0.05, 0.1) is 39.0 Å². The normalized spacial score (nSPS) is 13.2. The molecule has 0 spiro atoms. The van der Waals surface area contributed by atoms with E-state index >= 15 is 0 Å². The van der Waals surface area contributed by atoms with E-state index < -0.39 is 4.92 Å². The molecule has 1 aliphatic rings. The molecular weight excluding hydrogens is 448 g/mol. The second-order valence-electron chi connectivity index (χ2n) is 6.86. The van der Waals surface area contributed by atoms with E-state index in [9.17, 15) is 10.1 Å². The number of thiazole rings is 1. The van der Waals surface area contributed by atoms with Gasteiger partial charge in [0.25, 0.3) is 5.69 Å². The molecule has 0 amide bonds. The van der Waals surface area contributed by atoms with Gasteiger partial charge in [-0.2, -0.15) is 5.10 Å². The van der Waals surface area contributed by atoms with E-state index in [4.69, 9.17) is 14.5 Å². The van der Waals surface area contributed by atoms with E-state index in [0.29, 0.717) is 21.9 Å². The Morgan fingerprint density at radius 1 is 1.12 bits per heavy atom. The van der Waals surface area contributed by atoms with E-state index in [0.717, 1.165) is 21.8 Å². The number of fused-ring (bicyclic) bond motifs is 1. The van der Waals surface area contributed by atoms with Gasteiger partial charge in [-0.05, 0) is 36.1 Å². The van der Waals surface area contributed by atoms with Gasteiger partial charge in [-0.1, -0.05) is 24.3 Å². The van der Waals surface area contributed by atoms with Crippen molar-refractivity contribution in [3.63, 3.8) is 0 Å². The Bertz CT molecular complexity index is 1400. The van der Waals surface area contributed by atoms with Crippen LogP contribution in [-0.4, -0.2) is 22.6 Å². The molecule has 2 aromatic carbocycles. The van der Waals surface area contributed by atoms with Gasteiger partial charge in [-0.3, -0.25) is 10.1 Å². The molecule has 0 saturated heterocycles. The van der Waals surface area contributed by atoms with Crippen LogP contribution in [0.1, 0.15) is 11.1 Å². The van der Waals surface area contributed by atoms with E-state index in [1.807, 2.05) is 54.1 Å². The van der Waals surface area contributed by atoms with Gasteiger partial charge in [0.1, 0.15) is 0 Å². The third kappa shape index (κ3) is 3.81. The number of hydrogen-bond donors (Lipinski definition) is 0. The third-order valence-corrected chi connectivity index (χ3v) is 6.53. The Morgan fingerprint density at radius 2 is 1.94 bits per heavy atom.